The highest BCUT2D eigenvalue weighted by atomic mass is 19.1. The summed E-state index contributed by atoms with van der Waals surface area (Å²) in [6, 6.07) is 4.98. The van der Waals surface area contributed by atoms with Crippen LogP contribution in [0.2, 0.25) is 0 Å². The second-order valence-corrected chi connectivity index (χ2v) is 4.50. The number of hydrogen-bond donors (Lipinski definition) is 2. The summed E-state index contributed by atoms with van der Waals surface area (Å²) >= 11 is 0. The molecule has 0 aromatic heterocycles. The highest BCUT2D eigenvalue weighted by Crippen LogP contribution is 2.39. The van der Waals surface area contributed by atoms with Crippen molar-refractivity contribution >= 4 is 17.3 Å². The summed E-state index contributed by atoms with van der Waals surface area (Å²) in [6.45, 7) is 0. The van der Waals surface area contributed by atoms with E-state index in [-0.39, 0.29) is 23.5 Å². The van der Waals surface area contributed by atoms with Crippen molar-refractivity contribution in [2.45, 2.75) is 25.3 Å². The Bertz CT molecular complexity index is 443. The van der Waals surface area contributed by atoms with E-state index in [1.165, 1.54) is 6.07 Å². The van der Waals surface area contributed by atoms with E-state index in [0.717, 1.165) is 12.8 Å². The van der Waals surface area contributed by atoms with Crippen molar-refractivity contribution in [1.82, 2.24) is 0 Å². The molecular weight excluding hydrogens is 207 g/mol. The summed E-state index contributed by atoms with van der Waals surface area (Å²) < 4.78 is 13.5. The van der Waals surface area contributed by atoms with E-state index >= 15 is 0 Å². The van der Waals surface area contributed by atoms with Gasteiger partial charge in [-0.2, -0.15) is 0 Å². The van der Waals surface area contributed by atoms with Crippen LogP contribution >= 0.6 is 0 Å². The van der Waals surface area contributed by atoms with Crippen LogP contribution in [0.4, 0.5) is 15.8 Å². The van der Waals surface area contributed by atoms with Crippen molar-refractivity contribution in [2.24, 2.45) is 5.92 Å². The number of halogens is 1. The van der Waals surface area contributed by atoms with E-state index in [4.69, 9.17) is 0 Å². The zero-order valence-electron chi connectivity index (χ0n) is 8.79. The second-order valence-electron chi connectivity index (χ2n) is 4.50. The number of para-hydroxylation sites is 1. The molecule has 1 aromatic carbocycles. The number of fused-ring (bicyclic) bond motifs is 1. The first-order valence-electron chi connectivity index (χ1n) is 5.59. The Morgan fingerprint density at radius 3 is 2.88 bits per heavy atom. The van der Waals surface area contributed by atoms with Gasteiger partial charge in [0, 0.05) is 12.5 Å². The van der Waals surface area contributed by atoms with Crippen molar-refractivity contribution in [3.05, 3.63) is 24.0 Å². The Morgan fingerprint density at radius 1 is 1.31 bits per heavy atom. The summed E-state index contributed by atoms with van der Waals surface area (Å²) in [7, 11) is 0. The molecule has 1 saturated carbocycles. The van der Waals surface area contributed by atoms with Gasteiger partial charge in [0.1, 0.15) is 11.5 Å². The first kappa shape index (κ1) is 9.63. The Balaban J connectivity index is 1.97. The average molecular weight is 220 g/mol. The minimum absolute atomic E-state index is 0.103. The van der Waals surface area contributed by atoms with E-state index in [1.54, 1.807) is 12.1 Å². The van der Waals surface area contributed by atoms with E-state index in [0.29, 0.717) is 18.0 Å². The van der Waals surface area contributed by atoms with Crippen molar-refractivity contribution < 1.29 is 9.18 Å². The highest BCUT2D eigenvalue weighted by Gasteiger charge is 2.34. The van der Waals surface area contributed by atoms with Crippen LogP contribution < -0.4 is 10.6 Å². The van der Waals surface area contributed by atoms with Crippen LogP contribution in [0.3, 0.4) is 0 Å². The van der Waals surface area contributed by atoms with E-state index < -0.39 is 0 Å². The van der Waals surface area contributed by atoms with Gasteiger partial charge in [0.15, 0.2) is 0 Å². The number of carbonyl (C=O) groups excluding carboxylic acids is 1. The molecule has 1 heterocycles. The number of rotatable bonds is 1. The molecule has 1 fully saturated rings. The zero-order chi connectivity index (χ0) is 11.1. The minimum Gasteiger partial charge on any atom is -0.380 e. The van der Waals surface area contributed by atoms with Gasteiger partial charge >= 0.3 is 0 Å². The monoisotopic (exact) mass is 220 g/mol. The highest BCUT2D eigenvalue weighted by molar-refractivity contribution is 5.96. The van der Waals surface area contributed by atoms with E-state index in [1.807, 2.05) is 0 Å². The van der Waals surface area contributed by atoms with Gasteiger partial charge in [0.25, 0.3) is 0 Å². The lowest BCUT2D eigenvalue weighted by atomic mass is 10.1. The van der Waals surface area contributed by atoms with Crippen LogP contribution in [0.5, 0.6) is 0 Å². The predicted molar refractivity (Wildman–Crippen MR) is 59.8 cm³/mol. The fourth-order valence-electron chi connectivity index (χ4n) is 2.20. The molecule has 84 valence electrons. The predicted octanol–water partition coefficient (Wildman–Crippen LogP) is 2.36. The van der Waals surface area contributed by atoms with Crippen LogP contribution in [0.25, 0.3) is 0 Å². The quantitative estimate of drug-likeness (QED) is 0.762. The maximum atomic E-state index is 13.5. The van der Waals surface area contributed by atoms with Crippen molar-refractivity contribution in [1.29, 1.82) is 0 Å². The molecule has 1 amide bonds. The molecule has 3 rings (SSSR count). The number of benzene rings is 1. The Labute approximate surface area is 93.0 Å². The minimum atomic E-state index is -0.380. The standard InChI is InChI=1S/C12H13FN2O/c13-8-2-1-3-9-12(8)15-11(16)6-10(14-9)7-4-5-7/h1-3,7,10,14H,4-6H2,(H,15,16). The van der Waals surface area contributed by atoms with E-state index in [9.17, 15) is 9.18 Å². The van der Waals surface area contributed by atoms with Gasteiger partial charge in [-0.05, 0) is 30.9 Å². The van der Waals surface area contributed by atoms with E-state index in [2.05, 4.69) is 10.6 Å². The lowest BCUT2D eigenvalue weighted by molar-refractivity contribution is -0.116. The third kappa shape index (κ3) is 1.64. The normalized spacial score (nSPS) is 24.1. The lowest BCUT2D eigenvalue weighted by Crippen LogP contribution is -2.24. The van der Waals surface area contributed by atoms with Crippen molar-refractivity contribution in [2.75, 3.05) is 10.6 Å². The average Bonchev–Trinajstić information content (AvgIpc) is 3.03. The fourth-order valence-corrected chi connectivity index (χ4v) is 2.20. The number of anilines is 2. The molecule has 1 atom stereocenters. The van der Waals surface area contributed by atoms with Crippen molar-refractivity contribution in [3.63, 3.8) is 0 Å². The van der Waals surface area contributed by atoms with Crippen molar-refractivity contribution in [3.8, 4) is 0 Å². The Hall–Kier alpha value is -1.58. The van der Waals surface area contributed by atoms with Gasteiger partial charge in [0.05, 0.1) is 5.69 Å². The summed E-state index contributed by atoms with van der Waals surface area (Å²) in [5, 5.41) is 5.90. The zero-order valence-corrected chi connectivity index (χ0v) is 8.79. The molecule has 2 aliphatic rings. The molecule has 1 aromatic rings. The first-order valence-corrected chi connectivity index (χ1v) is 5.59. The Kier molecular flexibility index (Phi) is 2.09. The third-order valence-electron chi connectivity index (χ3n) is 3.22. The molecule has 1 aliphatic carbocycles. The summed E-state index contributed by atoms with van der Waals surface area (Å²) in [6.07, 6.45) is 2.75. The Morgan fingerprint density at radius 2 is 2.12 bits per heavy atom. The summed E-state index contributed by atoms with van der Waals surface area (Å²) in [4.78, 5) is 11.6. The van der Waals surface area contributed by atoms with Gasteiger partial charge in [-0.1, -0.05) is 6.07 Å². The van der Waals surface area contributed by atoms with Crippen LogP contribution in [0, 0.1) is 11.7 Å². The number of carbonyl (C=O) groups is 1. The molecular formula is C12H13FN2O. The van der Waals surface area contributed by atoms with Gasteiger partial charge in [-0.25, -0.2) is 4.39 Å². The van der Waals surface area contributed by atoms with Gasteiger partial charge < -0.3 is 10.6 Å². The largest absolute Gasteiger partial charge is 0.380 e. The number of nitrogens with one attached hydrogen (secondary N) is 2. The molecule has 0 bridgehead atoms. The number of amides is 1. The molecule has 4 heteroatoms. The van der Waals surface area contributed by atoms with Gasteiger partial charge in [0.2, 0.25) is 5.91 Å². The lowest BCUT2D eigenvalue weighted by Gasteiger charge is -2.15. The smallest absolute Gasteiger partial charge is 0.226 e. The van der Waals surface area contributed by atoms with Crippen LogP contribution in [-0.4, -0.2) is 11.9 Å². The van der Waals surface area contributed by atoms with Gasteiger partial charge in [-0.15, -0.1) is 0 Å². The molecule has 0 radical (unpaired) electrons. The van der Waals surface area contributed by atoms with Gasteiger partial charge in [-0.3, -0.25) is 4.79 Å². The molecule has 2 N–H and O–H groups in total. The second kappa shape index (κ2) is 3.47. The maximum Gasteiger partial charge on any atom is 0.226 e. The van der Waals surface area contributed by atoms with Crippen LogP contribution in [0.1, 0.15) is 19.3 Å². The van der Waals surface area contributed by atoms with Crippen LogP contribution in [-0.2, 0) is 4.79 Å². The fraction of sp³-hybridized carbons (Fsp3) is 0.417. The van der Waals surface area contributed by atoms with Crippen LogP contribution in [0.15, 0.2) is 18.2 Å². The molecule has 0 saturated heterocycles. The summed E-state index contributed by atoms with van der Waals surface area (Å²) in [5.41, 5.74) is 0.985. The maximum absolute atomic E-state index is 13.5. The molecule has 3 nitrogen and oxygen atoms in total. The SMILES string of the molecule is O=C1CC(C2CC2)Nc2cccc(F)c2N1. The molecule has 1 aliphatic heterocycles. The molecule has 16 heavy (non-hydrogen) atoms. The number of hydrogen-bond acceptors (Lipinski definition) is 2. The first-order chi connectivity index (χ1) is 7.74. The topological polar surface area (TPSA) is 41.1 Å². The molecule has 1 unspecified atom stereocenters. The third-order valence-corrected chi connectivity index (χ3v) is 3.22. The molecule has 0 spiro atoms. The summed E-state index contributed by atoms with van der Waals surface area (Å²) in [5.74, 6) is 0.0861.